The summed E-state index contributed by atoms with van der Waals surface area (Å²) in [6.45, 7) is 0. The van der Waals surface area contributed by atoms with Gasteiger partial charge in [-0.3, -0.25) is 5.43 Å². The molecule has 1 aromatic carbocycles. The molecule has 100 valence electrons. The second kappa shape index (κ2) is 5.54. The van der Waals surface area contributed by atoms with Crippen LogP contribution in [0.1, 0.15) is 0 Å². The number of amides is 2. The Morgan fingerprint density at radius 1 is 1.28 bits per heavy atom. The molecule has 0 fully saturated rings. The molecule has 0 aliphatic carbocycles. The van der Waals surface area contributed by atoms with Gasteiger partial charge >= 0.3 is 18.6 Å². The van der Waals surface area contributed by atoms with E-state index in [9.17, 15) is 22.4 Å². The summed E-state index contributed by atoms with van der Waals surface area (Å²) in [6, 6.07) is 3.66. The number of nitrogens with one attached hydrogen (secondary N) is 2. The lowest BCUT2D eigenvalue weighted by atomic mass is 10.3. The summed E-state index contributed by atoms with van der Waals surface area (Å²) in [5.74, 6) is 4.34. The molecule has 0 aromatic heterocycles. The number of rotatable bonds is 4. The molecule has 9 heteroatoms. The number of ether oxygens (including phenoxy) is 1. The normalized spacial score (nSPS) is 11.2. The third-order valence-corrected chi connectivity index (χ3v) is 1.75. The standard InChI is InChI=1S/C9H9F4N3O2/c10-7(11)9(12,13)18-6-3-1-5(2-4-6)15-8(17)16-14/h1-4,7H,14H2,(H2,15,16,17). The number of carbonyl (C=O) groups is 1. The van der Waals surface area contributed by atoms with Gasteiger partial charge in [0.15, 0.2) is 0 Å². The van der Waals surface area contributed by atoms with Crippen LogP contribution in [0.25, 0.3) is 0 Å². The Kier molecular flexibility index (Phi) is 4.32. The fourth-order valence-electron chi connectivity index (χ4n) is 0.975. The molecule has 0 saturated heterocycles. The fourth-order valence-corrected chi connectivity index (χ4v) is 0.975. The van der Waals surface area contributed by atoms with Gasteiger partial charge < -0.3 is 10.1 Å². The molecule has 0 bridgehead atoms. The average Bonchev–Trinajstić information content (AvgIpc) is 2.31. The summed E-state index contributed by atoms with van der Waals surface area (Å²) in [7, 11) is 0. The lowest BCUT2D eigenvalue weighted by molar-refractivity contribution is -0.253. The van der Waals surface area contributed by atoms with Gasteiger partial charge in [0.2, 0.25) is 0 Å². The third-order valence-electron chi connectivity index (χ3n) is 1.75. The molecule has 0 atom stereocenters. The highest BCUT2D eigenvalue weighted by molar-refractivity contribution is 5.88. The summed E-state index contributed by atoms with van der Waals surface area (Å²) in [6.07, 6.45) is -8.50. The Bertz CT molecular complexity index is 411. The summed E-state index contributed by atoms with van der Waals surface area (Å²) in [4.78, 5) is 10.8. The van der Waals surface area contributed by atoms with Crippen molar-refractivity contribution in [3.8, 4) is 5.75 Å². The van der Waals surface area contributed by atoms with E-state index in [4.69, 9.17) is 5.84 Å². The third kappa shape index (κ3) is 3.77. The molecule has 0 aliphatic heterocycles. The van der Waals surface area contributed by atoms with Gasteiger partial charge in [-0.1, -0.05) is 0 Å². The molecule has 4 N–H and O–H groups in total. The van der Waals surface area contributed by atoms with Crippen LogP contribution in [0.2, 0.25) is 0 Å². The summed E-state index contributed by atoms with van der Waals surface area (Å²) in [5.41, 5.74) is 2.01. The highest BCUT2D eigenvalue weighted by Crippen LogP contribution is 2.28. The molecular weight excluding hydrogens is 258 g/mol. The van der Waals surface area contributed by atoms with Gasteiger partial charge in [0.25, 0.3) is 0 Å². The monoisotopic (exact) mass is 267 g/mol. The highest BCUT2D eigenvalue weighted by Gasteiger charge is 2.43. The molecule has 0 spiro atoms. The van der Waals surface area contributed by atoms with Crippen molar-refractivity contribution in [3.63, 3.8) is 0 Å². The van der Waals surface area contributed by atoms with Crippen molar-refractivity contribution in [3.05, 3.63) is 24.3 Å². The fraction of sp³-hybridized carbons (Fsp3) is 0.222. The van der Waals surface area contributed by atoms with Crippen LogP contribution in [0.4, 0.5) is 28.0 Å². The largest absolute Gasteiger partial charge is 0.461 e. The second-order valence-corrected chi connectivity index (χ2v) is 3.09. The minimum atomic E-state index is -4.57. The van der Waals surface area contributed by atoms with E-state index in [1.54, 1.807) is 5.43 Å². The zero-order valence-corrected chi connectivity index (χ0v) is 8.79. The maximum Gasteiger partial charge on any atom is 0.461 e. The Morgan fingerprint density at radius 3 is 2.28 bits per heavy atom. The van der Waals surface area contributed by atoms with Crippen molar-refractivity contribution >= 4 is 11.7 Å². The number of urea groups is 1. The number of benzene rings is 1. The summed E-state index contributed by atoms with van der Waals surface area (Å²) in [5, 5.41) is 2.24. The van der Waals surface area contributed by atoms with Crippen LogP contribution in [0, 0.1) is 0 Å². The number of halogens is 4. The predicted octanol–water partition coefficient (Wildman–Crippen LogP) is 1.92. The number of alkyl halides is 4. The molecule has 2 amide bonds. The highest BCUT2D eigenvalue weighted by atomic mass is 19.3. The smallest absolute Gasteiger partial charge is 0.428 e. The number of carbonyl (C=O) groups excluding carboxylic acids is 1. The van der Waals surface area contributed by atoms with Gasteiger partial charge in [0.1, 0.15) is 5.75 Å². The van der Waals surface area contributed by atoms with E-state index in [1.165, 1.54) is 12.1 Å². The van der Waals surface area contributed by atoms with Crippen molar-refractivity contribution in [2.45, 2.75) is 12.5 Å². The number of hydrogen-bond acceptors (Lipinski definition) is 3. The molecule has 0 heterocycles. The zero-order valence-electron chi connectivity index (χ0n) is 8.79. The Morgan fingerprint density at radius 2 is 1.83 bits per heavy atom. The van der Waals surface area contributed by atoms with Crippen LogP contribution in [0.3, 0.4) is 0 Å². The molecular formula is C9H9F4N3O2. The van der Waals surface area contributed by atoms with Crippen molar-refractivity contribution in [2.24, 2.45) is 5.84 Å². The Balaban J connectivity index is 2.69. The van der Waals surface area contributed by atoms with E-state index in [2.05, 4.69) is 10.1 Å². The first-order chi connectivity index (χ1) is 8.35. The van der Waals surface area contributed by atoms with E-state index >= 15 is 0 Å². The van der Waals surface area contributed by atoms with Crippen LogP contribution in [-0.4, -0.2) is 18.6 Å². The number of anilines is 1. The maximum atomic E-state index is 12.5. The summed E-state index contributed by atoms with van der Waals surface area (Å²) < 4.78 is 52.6. The van der Waals surface area contributed by atoms with E-state index in [1.807, 2.05) is 0 Å². The van der Waals surface area contributed by atoms with E-state index in [-0.39, 0.29) is 5.69 Å². The molecule has 0 saturated carbocycles. The SMILES string of the molecule is NNC(=O)Nc1ccc(OC(F)(F)C(F)F)cc1. The maximum absolute atomic E-state index is 12.5. The van der Waals surface area contributed by atoms with Crippen molar-refractivity contribution in [1.82, 2.24) is 5.43 Å². The number of hydrogen-bond donors (Lipinski definition) is 3. The molecule has 1 rings (SSSR count). The summed E-state index contributed by atoms with van der Waals surface area (Å²) >= 11 is 0. The van der Waals surface area contributed by atoms with Gasteiger partial charge in [-0.15, -0.1) is 0 Å². The lowest BCUT2D eigenvalue weighted by Crippen LogP contribution is -2.34. The first-order valence-corrected chi connectivity index (χ1v) is 4.58. The van der Waals surface area contributed by atoms with Gasteiger partial charge in [-0.05, 0) is 24.3 Å². The van der Waals surface area contributed by atoms with Gasteiger partial charge in [-0.25, -0.2) is 10.6 Å². The van der Waals surface area contributed by atoms with E-state index in [0.717, 1.165) is 12.1 Å². The number of nitrogens with two attached hydrogens (primary N) is 1. The Hall–Kier alpha value is -2.03. The molecule has 18 heavy (non-hydrogen) atoms. The quantitative estimate of drug-likeness (QED) is 0.337. The Labute approximate surface area is 98.9 Å². The van der Waals surface area contributed by atoms with Crippen LogP contribution >= 0.6 is 0 Å². The van der Waals surface area contributed by atoms with Gasteiger partial charge in [0, 0.05) is 5.69 Å². The van der Waals surface area contributed by atoms with Crippen molar-refractivity contribution < 1.29 is 27.1 Å². The minimum Gasteiger partial charge on any atom is -0.428 e. The molecule has 5 nitrogen and oxygen atoms in total. The lowest BCUT2D eigenvalue weighted by Gasteiger charge is -2.16. The first kappa shape index (κ1) is 14.0. The molecule has 0 radical (unpaired) electrons. The second-order valence-electron chi connectivity index (χ2n) is 3.09. The molecule has 1 aromatic rings. The molecule has 0 aliphatic rings. The van der Waals surface area contributed by atoms with Crippen LogP contribution in [0.5, 0.6) is 5.75 Å². The van der Waals surface area contributed by atoms with Gasteiger partial charge in [0.05, 0.1) is 0 Å². The van der Waals surface area contributed by atoms with Crippen LogP contribution in [-0.2, 0) is 0 Å². The predicted molar refractivity (Wildman–Crippen MR) is 54.4 cm³/mol. The van der Waals surface area contributed by atoms with Gasteiger partial charge in [-0.2, -0.15) is 17.6 Å². The van der Waals surface area contributed by atoms with E-state index < -0.39 is 24.3 Å². The van der Waals surface area contributed by atoms with Crippen molar-refractivity contribution in [1.29, 1.82) is 0 Å². The van der Waals surface area contributed by atoms with Crippen molar-refractivity contribution in [2.75, 3.05) is 5.32 Å². The average molecular weight is 267 g/mol. The van der Waals surface area contributed by atoms with E-state index in [0.29, 0.717) is 0 Å². The van der Waals surface area contributed by atoms with Crippen LogP contribution in [0.15, 0.2) is 24.3 Å². The topological polar surface area (TPSA) is 76.4 Å². The minimum absolute atomic E-state index is 0.227. The number of hydrazine groups is 1. The first-order valence-electron chi connectivity index (χ1n) is 4.58. The molecule has 0 unspecified atom stereocenters. The zero-order chi connectivity index (χ0) is 13.8. The van der Waals surface area contributed by atoms with Crippen LogP contribution < -0.4 is 21.3 Å².